The molecule has 2 rings (SSSR count). The molecule has 0 aliphatic rings. The van der Waals surface area contributed by atoms with Crippen molar-refractivity contribution in [3.63, 3.8) is 0 Å². The van der Waals surface area contributed by atoms with E-state index in [2.05, 4.69) is 10.2 Å². The minimum absolute atomic E-state index is 0.387. The van der Waals surface area contributed by atoms with Crippen molar-refractivity contribution in [3.8, 4) is 0 Å². The zero-order chi connectivity index (χ0) is 14.7. The molecule has 3 N–H and O–H groups in total. The van der Waals surface area contributed by atoms with Gasteiger partial charge in [-0.2, -0.15) is 0 Å². The van der Waals surface area contributed by atoms with Gasteiger partial charge in [-0.05, 0) is 18.1 Å². The second kappa shape index (κ2) is 5.96. The largest absolute Gasteiger partial charge is 0.481 e. The van der Waals surface area contributed by atoms with E-state index in [-0.39, 0.29) is 0 Å². The van der Waals surface area contributed by atoms with Crippen LogP contribution in [0.25, 0.3) is 0 Å². The van der Waals surface area contributed by atoms with Crippen molar-refractivity contribution in [1.82, 2.24) is 14.8 Å². The highest BCUT2D eigenvalue weighted by atomic mass is 32.2. The molecule has 7 heteroatoms. The molecule has 0 amide bonds. The molecule has 0 bridgehead atoms. The van der Waals surface area contributed by atoms with Gasteiger partial charge in [0.15, 0.2) is 5.16 Å². The summed E-state index contributed by atoms with van der Waals surface area (Å²) in [6.07, 6.45) is 0. The van der Waals surface area contributed by atoms with Gasteiger partial charge in [0.2, 0.25) is 5.95 Å². The second-order valence-corrected chi connectivity index (χ2v) is 5.43. The Labute approximate surface area is 121 Å². The van der Waals surface area contributed by atoms with Crippen molar-refractivity contribution < 1.29 is 9.90 Å². The van der Waals surface area contributed by atoms with Gasteiger partial charge in [0.1, 0.15) is 0 Å². The van der Waals surface area contributed by atoms with Crippen molar-refractivity contribution in [3.05, 3.63) is 35.4 Å². The molecule has 1 atom stereocenters. The number of hydrogen-bond acceptors (Lipinski definition) is 5. The highest BCUT2D eigenvalue weighted by Gasteiger charge is 2.13. The van der Waals surface area contributed by atoms with Gasteiger partial charge in [-0.3, -0.25) is 9.36 Å². The summed E-state index contributed by atoms with van der Waals surface area (Å²) in [7, 11) is 1.81. The predicted molar refractivity (Wildman–Crippen MR) is 77.5 cm³/mol. The van der Waals surface area contributed by atoms with E-state index < -0.39 is 11.9 Å². The molecule has 0 saturated heterocycles. The molecule has 1 aromatic heterocycles. The van der Waals surface area contributed by atoms with Crippen LogP contribution in [0, 0.1) is 0 Å². The number of rotatable bonds is 5. The van der Waals surface area contributed by atoms with Crippen molar-refractivity contribution in [2.75, 3.05) is 5.73 Å². The van der Waals surface area contributed by atoms with Gasteiger partial charge >= 0.3 is 5.97 Å². The Bertz CT molecular complexity index is 609. The van der Waals surface area contributed by atoms with Gasteiger partial charge in [-0.1, -0.05) is 36.0 Å². The lowest BCUT2D eigenvalue weighted by Gasteiger charge is -2.07. The Hall–Kier alpha value is -2.02. The van der Waals surface area contributed by atoms with Crippen LogP contribution in [0.3, 0.4) is 0 Å². The van der Waals surface area contributed by atoms with E-state index in [1.54, 1.807) is 11.5 Å². The number of aromatic nitrogens is 3. The second-order valence-electron chi connectivity index (χ2n) is 4.49. The first-order valence-electron chi connectivity index (χ1n) is 6.08. The Morgan fingerprint density at radius 1 is 1.40 bits per heavy atom. The third-order valence-corrected chi connectivity index (χ3v) is 4.18. The summed E-state index contributed by atoms with van der Waals surface area (Å²) in [6, 6.07) is 7.56. The number of carboxylic acid groups (broad SMARTS) is 1. The van der Waals surface area contributed by atoms with Crippen LogP contribution in [0.5, 0.6) is 0 Å². The predicted octanol–water partition coefficient (Wildman–Crippen LogP) is 1.88. The number of thioether (sulfide) groups is 1. The molecule has 0 aliphatic heterocycles. The lowest BCUT2D eigenvalue weighted by atomic mass is 10.0. The van der Waals surface area contributed by atoms with Gasteiger partial charge in [0.25, 0.3) is 0 Å². The molecule has 2 aromatic rings. The summed E-state index contributed by atoms with van der Waals surface area (Å²) in [6.45, 7) is 1.68. The molecular formula is C13H16N4O2S. The van der Waals surface area contributed by atoms with Crippen LogP contribution in [-0.4, -0.2) is 25.8 Å². The fraction of sp³-hybridized carbons (Fsp3) is 0.308. The summed E-state index contributed by atoms with van der Waals surface area (Å²) in [5, 5.41) is 17.5. The van der Waals surface area contributed by atoms with Gasteiger partial charge in [0.05, 0.1) is 5.92 Å². The lowest BCUT2D eigenvalue weighted by Crippen LogP contribution is -2.07. The highest BCUT2D eigenvalue weighted by Crippen LogP contribution is 2.23. The number of carbonyl (C=O) groups is 1. The van der Waals surface area contributed by atoms with E-state index in [0.717, 1.165) is 22.0 Å². The average molecular weight is 292 g/mol. The van der Waals surface area contributed by atoms with Gasteiger partial charge in [-0.25, -0.2) is 0 Å². The van der Waals surface area contributed by atoms with Crippen molar-refractivity contribution >= 4 is 23.7 Å². The number of nitrogens with zero attached hydrogens (tertiary/aromatic N) is 3. The maximum absolute atomic E-state index is 10.9. The molecule has 1 unspecified atom stereocenters. The maximum Gasteiger partial charge on any atom is 0.310 e. The first kappa shape index (κ1) is 14.4. The van der Waals surface area contributed by atoms with E-state index in [1.165, 1.54) is 11.8 Å². The highest BCUT2D eigenvalue weighted by molar-refractivity contribution is 7.98. The number of hydrogen-bond donors (Lipinski definition) is 2. The summed E-state index contributed by atoms with van der Waals surface area (Å²) in [4.78, 5) is 10.9. The minimum Gasteiger partial charge on any atom is -0.481 e. The van der Waals surface area contributed by atoms with Crippen LogP contribution in [0.2, 0.25) is 0 Å². The smallest absolute Gasteiger partial charge is 0.310 e. The Balaban J connectivity index is 2.01. The minimum atomic E-state index is -0.818. The SMILES string of the molecule is CC(C(=O)O)c1ccc(CSc2nnc(N)n2C)cc1. The zero-order valence-electron chi connectivity index (χ0n) is 11.3. The van der Waals surface area contributed by atoms with E-state index >= 15 is 0 Å². The molecule has 0 spiro atoms. The molecule has 0 fully saturated rings. The number of aliphatic carboxylic acids is 1. The summed E-state index contributed by atoms with van der Waals surface area (Å²) in [5.74, 6) is -0.191. The number of anilines is 1. The summed E-state index contributed by atoms with van der Waals surface area (Å²) in [5.41, 5.74) is 7.51. The first-order valence-corrected chi connectivity index (χ1v) is 7.07. The van der Waals surface area contributed by atoms with E-state index in [1.807, 2.05) is 31.3 Å². The zero-order valence-corrected chi connectivity index (χ0v) is 12.1. The van der Waals surface area contributed by atoms with Gasteiger partial charge < -0.3 is 10.8 Å². The number of carboxylic acids is 1. The van der Waals surface area contributed by atoms with Crippen molar-refractivity contribution in [1.29, 1.82) is 0 Å². The van der Waals surface area contributed by atoms with Crippen LogP contribution in [0.1, 0.15) is 24.0 Å². The van der Waals surface area contributed by atoms with Crippen molar-refractivity contribution in [2.24, 2.45) is 7.05 Å². The molecule has 0 radical (unpaired) electrons. The molecule has 1 aromatic carbocycles. The molecular weight excluding hydrogens is 276 g/mol. The van der Waals surface area contributed by atoms with Crippen LogP contribution >= 0.6 is 11.8 Å². The molecule has 106 valence electrons. The van der Waals surface area contributed by atoms with Crippen LogP contribution < -0.4 is 5.73 Å². The average Bonchev–Trinajstić information content (AvgIpc) is 2.76. The third-order valence-electron chi connectivity index (χ3n) is 3.09. The fourth-order valence-electron chi connectivity index (χ4n) is 1.64. The lowest BCUT2D eigenvalue weighted by molar-refractivity contribution is -0.138. The number of nitrogen functional groups attached to an aromatic ring is 1. The van der Waals surface area contributed by atoms with E-state index in [0.29, 0.717) is 5.95 Å². The number of benzene rings is 1. The quantitative estimate of drug-likeness (QED) is 0.817. The van der Waals surface area contributed by atoms with Gasteiger partial charge in [-0.15, -0.1) is 10.2 Å². The molecule has 1 heterocycles. The summed E-state index contributed by atoms with van der Waals surface area (Å²) < 4.78 is 1.73. The molecule has 6 nitrogen and oxygen atoms in total. The van der Waals surface area contributed by atoms with Crippen LogP contribution in [0.4, 0.5) is 5.95 Å². The molecule has 0 saturated carbocycles. The van der Waals surface area contributed by atoms with Gasteiger partial charge in [0, 0.05) is 12.8 Å². The van der Waals surface area contributed by atoms with E-state index in [9.17, 15) is 4.79 Å². The topological polar surface area (TPSA) is 94.0 Å². The molecule has 20 heavy (non-hydrogen) atoms. The fourth-order valence-corrected chi connectivity index (χ4v) is 2.52. The van der Waals surface area contributed by atoms with Crippen molar-refractivity contribution in [2.45, 2.75) is 23.8 Å². The normalized spacial score (nSPS) is 12.3. The van der Waals surface area contributed by atoms with Crippen LogP contribution in [0.15, 0.2) is 29.4 Å². The number of nitrogens with two attached hydrogens (primary N) is 1. The monoisotopic (exact) mass is 292 g/mol. The van der Waals surface area contributed by atoms with Crippen LogP contribution in [-0.2, 0) is 17.6 Å². The Morgan fingerprint density at radius 2 is 2.05 bits per heavy atom. The standard InChI is InChI=1S/C13H16N4O2S/c1-8(11(18)19)10-5-3-9(4-6-10)7-20-13-16-15-12(14)17(13)2/h3-6,8H,7H2,1-2H3,(H2,14,15)(H,18,19). The first-order chi connectivity index (χ1) is 9.49. The molecule has 0 aliphatic carbocycles. The maximum atomic E-state index is 10.9. The summed E-state index contributed by atoms with van der Waals surface area (Å²) >= 11 is 1.53. The third kappa shape index (κ3) is 3.11. The Kier molecular flexibility index (Phi) is 4.29. The van der Waals surface area contributed by atoms with E-state index in [4.69, 9.17) is 10.8 Å². The Morgan fingerprint density at radius 3 is 2.55 bits per heavy atom.